The molecule has 2 aromatic rings. The van der Waals surface area contributed by atoms with Crippen LogP contribution in [0.1, 0.15) is 17.5 Å². The SMILES string of the molecule is COc1ccc(CCC(=O)NCCc2ccc(Cl)cc2Cl)cc1OC. The molecule has 134 valence electrons. The summed E-state index contributed by atoms with van der Waals surface area (Å²) in [7, 11) is 3.19. The Kier molecular flexibility index (Phi) is 7.41. The van der Waals surface area contributed by atoms with Gasteiger partial charge in [-0.2, -0.15) is 0 Å². The molecule has 0 aliphatic heterocycles. The Hall–Kier alpha value is -1.91. The molecule has 0 bridgehead atoms. The number of hydrogen-bond donors (Lipinski definition) is 1. The molecule has 6 heteroatoms. The molecule has 0 saturated heterocycles. The van der Waals surface area contributed by atoms with Crippen LogP contribution in [-0.2, 0) is 17.6 Å². The van der Waals surface area contributed by atoms with E-state index in [2.05, 4.69) is 5.32 Å². The average Bonchev–Trinajstić information content (AvgIpc) is 2.61. The number of ether oxygens (including phenoxy) is 2. The summed E-state index contributed by atoms with van der Waals surface area (Å²) in [5, 5.41) is 4.13. The highest BCUT2D eigenvalue weighted by Crippen LogP contribution is 2.28. The minimum atomic E-state index is -0.000120. The lowest BCUT2D eigenvalue weighted by Crippen LogP contribution is -2.25. The van der Waals surface area contributed by atoms with E-state index in [1.165, 1.54) is 0 Å². The van der Waals surface area contributed by atoms with E-state index in [1.54, 1.807) is 26.4 Å². The second kappa shape index (κ2) is 9.54. The Bertz CT molecular complexity index is 735. The van der Waals surface area contributed by atoms with Gasteiger partial charge in [0, 0.05) is 23.0 Å². The topological polar surface area (TPSA) is 47.6 Å². The summed E-state index contributed by atoms with van der Waals surface area (Å²) in [5.41, 5.74) is 1.99. The first kappa shape index (κ1) is 19.4. The Balaban J connectivity index is 1.79. The van der Waals surface area contributed by atoms with E-state index in [9.17, 15) is 4.79 Å². The van der Waals surface area contributed by atoms with E-state index >= 15 is 0 Å². The van der Waals surface area contributed by atoms with Gasteiger partial charge in [-0.15, -0.1) is 0 Å². The van der Waals surface area contributed by atoms with Gasteiger partial charge in [-0.05, 0) is 48.2 Å². The Labute approximate surface area is 158 Å². The summed E-state index contributed by atoms with van der Waals surface area (Å²) in [6.45, 7) is 0.534. The van der Waals surface area contributed by atoms with Crippen molar-refractivity contribution in [2.75, 3.05) is 20.8 Å². The van der Waals surface area contributed by atoms with Gasteiger partial charge in [0.1, 0.15) is 0 Å². The summed E-state index contributed by atoms with van der Waals surface area (Å²) >= 11 is 12.0. The molecule has 4 nitrogen and oxygen atoms in total. The van der Waals surface area contributed by atoms with Crippen LogP contribution < -0.4 is 14.8 Å². The van der Waals surface area contributed by atoms with Crippen molar-refractivity contribution in [1.82, 2.24) is 5.32 Å². The number of aryl methyl sites for hydroxylation is 1. The first-order valence-electron chi connectivity index (χ1n) is 7.95. The molecular weight excluding hydrogens is 361 g/mol. The molecule has 0 radical (unpaired) electrons. The molecule has 0 atom stereocenters. The zero-order valence-corrected chi connectivity index (χ0v) is 15.8. The van der Waals surface area contributed by atoms with Crippen molar-refractivity contribution in [3.63, 3.8) is 0 Å². The van der Waals surface area contributed by atoms with Crippen LogP contribution in [0.4, 0.5) is 0 Å². The van der Waals surface area contributed by atoms with Gasteiger partial charge >= 0.3 is 0 Å². The van der Waals surface area contributed by atoms with Crippen LogP contribution >= 0.6 is 23.2 Å². The maximum absolute atomic E-state index is 12.0. The minimum Gasteiger partial charge on any atom is -0.493 e. The number of halogens is 2. The van der Waals surface area contributed by atoms with Gasteiger partial charge in [0.2, 0.25) is 5.91 Å². The van der Waals surface area contributed by atoms with Gasteiger partial charge in [0.25, 0.3) is 0 Å². The highest BCUT2D eigenvalue weighted by Gasteiger charge is 2.07. The molecule has 0 heterocycles. The minimum absolute atomic E-state index is 0.000120. The quantitative estimate of drug-likeness (QED) is 0.741. The molecule has 0 fully saturated rings. The molecule has 1 amide bonds. The molecule has 0 aliphatic rings. The zero-order chi connectivity index (χ0) is 18.2. The summed E-state index contributed by atoms with van der Waals surface area (Å²) in [5.74, 6) is 1.34. The van der Waals surface area contributed by atoms with Crippen molar-refractivity contribution in [3.05, 3.63) is 57.6 Å². The fourth-order valence-electron chi connectivity index (χ4n) is 2.44. The van der Waals surface area contributed by atoms with Crippen LogP contribution in [0.3, 0.4) is 0 Å². The van der Waals surface area contributed by atoms with Crippen LogP contribution in [-0.4, -0.2) is 26.7 Å². The van der Waals surface area contributed by atoms with Gasteiger partial charge in [-0.25, -0.2) is 0 Å². The lowest BCUT2D eigenvalue weighted by molar-refractivity contribution is -0.121. The Morgan fingerprint density at radius 1 is 1.00 bits per heavy atom. The third-order valence-electron chi connectivity index (χ3n) is 3.82. The second-order valence-corrected chi connectivity index (χ2v) is 6.37. The lowest BCUT2D eigenvalue weighted by Gasteiger charge is -2.10. The van der Waals surface area contributed by atoms with E-state index in [-0.39, 0.29) is 5.91 Å². The van der Waals surface area contributed by atoms with Gasteiger partial charge in [-0.3, -0.25) is 4.79 Å². The molecule has 0 saturated carbocycles. The van der Waals surface area contributed by atoms with E-state index in [0.29, 0.717) is 47.4 Å². The molecule has 0 aliphatic carbocycles. The monoisotopic (exact) mass is 381 g/mol. The number of nitrogens with one attached hydrogen (secondary N) is 1. The number of hydrogen-bond acceptors (Lipinski definition) is 3. The molecule has 25 heavy (non-hydrogen) atoms. The number of methoxy groups -OCH3 is 2. The number of rotatable bonds is 8. The van der Waals surface area contributed by atoms with Crippen LogP contribution in [0.15, 0.2) is 36.4 Å². The molecular formula is C19H21Cl2NO3. The first-order valence-corrected chi connectivity index (χ1v) is 8.70. The molecule has 2 aromatic carbocycles. The van der Waals surface area contributed by atoms with Crippen molar-refractivity contribution in [2.45, 2.75) is 19.3 Å². The summed E-state index contributed by atoms with van der Waals surface area (Å²) in [6, 6.07) is 11.0. The molecule has 0 aromatic heterocycles. The van der Waals surface area contributed by atoms with Gasteiger partial charge in [0.15, 0.2) is 11.5 Å². The molecule has 0 spiro atoms. The van der Waals surface area contributed by atoms with Crippen LogP contribution in [0.25, 0.3) is 0 Å². The summed E-state index contributed by atoms with van der Waals surface area (Å²) < 4.78 is 10.5. The maximum atomic E-state index is 12.0. The summed E-state index contributed by atoms with van der Waals surface area (Å²) in [4.78, 5) is 12.0. The zero-order valence-electron chi connectivity index (χ0n) is 14.3. The highest BCUT2D eigenvalue weighted by atomic mass is 35.5. The highest BCUT2D eigenvalue weighted by molar-refractivity contribution is 6.35. The van der Waals surface area contributed by atoms with E-state index < -0.39 is 0 Å². The number of benzene rings is 2. The van der Waals surface area contributed by atoms with Crippen molar-refractivity contribution < 1.29 is 14.3 Å². The third kappa shape index (κ3) is 5.83. The summed E-state index contributed by atoms with van der Waals surface area (Å²) in [6.07, 6.45) is 1.70. The second-order valence-electron chi connectivity index (χ2n) is 5.53. The van der Waals surface area contributed by atoms with E-state index in [0.717, 1.165) is 11.1 Å². The molecule has 1 N–H and O–H groups in total. The molecule has 0 unspecified atom stereocenters. The molecule has 2 rings (SSSR count). The fraction of sp³-hybridized carbons (Fsp3) is 0.316. The first-order chi connectivity index (χ1) is 12.0. The van der Waals surface area contributed by atoms with Crippen molar-refractivity contribution in [1.29, 1.82) is 0 Å². The fourth-order valence-corrected chi connectivity index (χ4v) is 2.95. The predicted molar refractivity (Wildman–Crippen MR) is 101 cm³/mol. The average molecular weight is 382 g/mol. The van der Waals surface area contributed by atoms with E-state index in [4.69, 9.17) is 32.7 Å². The van der Waals surface area contributed by atoms with E-state index in [1.807, 2.05) is 24.3 Å². The van der Waals surface area contributed by atoms with Crippen molar-refractivity contribution in [2.24, 2.45) is 0 Å². The number of carbonyl (C=O) groups excluding carboxylic acids is 1. The number of amides is 1. The van der Waals surface area contributed by atoms with Crippen LogP contribution in [0.5, 0.6) is 11.5 Å². The van der Waals surface area contributed by atoms with Gasteiger partial charge in [-0.1, -0.05) is 35.3 Å². The Morgan fingerprint density at radius 2 is 1.76 bits per heavy atom. The smallest absolute Gasteiger partial charge is 0.220 e. The Morgan fingerprint density at radius 3 is 2.44 bits per heavy atom. The van der Waals surface area contributed by atoms with Gasteiger partial charge < -0.3 is 14.8 Å². The van der Waals surface area contributed by atoms with Crippen molar-refractivity contribution in [3.8, 4) is 11.5 Å². The lowest BCUT2D eigenvalue weighted by atomic mass is 10.1. The van der Waals surface area contributed by atoms with Crippen LogP contribution in [0, 0.1) is 0 Å². The maximum Gasteiger partial charge on any atom is 0.220 e. The van der Waals surface area contributed by atoms with Crippen molar-refractivity contribution >= 4 is 29.1 Å². The normalized spacial score (nSPS) is 10.4. The van der Waals surface area contributed by atoms with Gasteiger partial charge in [0.05, 0.1) is 14.2 Å². The predicted octanol–water partition coefficient (Wildman–Crippen LogP) is 4.30. The van der Waals surface area contributed by atoms with Crippen LogP contribution in [0.2, 0.25) is 10.0 Å². The standard InChI is InChI=1S/C19H21Cl2NO3/c1-24-17-7-3-13(11-18(17)25-2)4-8-19(23)22-10-9-14-5-6-15(20)12-16(14)21/h3,5-7,11-12H,4,8-10H2,1-2H3,(H,22,23). The third-order valence-corrected chi connectivity index (χ3v) is 4.41. The largest absolute Gasteiger partial charge is 0.493 e. The number of carbonyl (C=O) groups is 1.